The molecule has 2 aromatic rings. The van der Waals surface area contributed by atoms with Crippen LogP contribution in [0.15, 0.2) is 49.1 Å². The topological polar surface area (TPSA) is 76.1 Å². The molecule has 6 heteroatoms. The van der Waals surface area contributed by atoms with Crippen molar-refractivity contribution in [1.82, 2.24) is 10.2 Å². The smallest absolute Gasteiger partial charge is 0.276 e. The third-order valence-electron chi connectivity index (χ3n) is 2.76. The SMILES string of the molecule is C=CCNc1ccc(C(=O)Nc2ccccc2OCC)nn1. The number of carbonyl (C=O) groups is 1. The number of para-hydroxylation sites is 2. The van der Waals surface area contributed by atoms with E-state index in [0.717, 1.165) is 0 Å². The van der Waals surface area contributed by atoms with Crippen LogP contribution in [0.25, 0.3) is 0 Å². The Labute approximate surface area is 129 Å². The molecule has 0 aliphatic rings. The van der Waals surface area contributed by atoms with Crippen molar-refractivity contribution in [2.45, 2.75) is 6.92 Å². The standard InChI is InChI=1S/C16H18N4O2/c1-3-11-17-15-10-9-13(19-20-15)16(21)18-12-7-5-6-8-14(12)22-4-2/h3,5-10H,1,4,11H2,2H3,(H,17,20)(H,18,21). The van der Waals surface area contributed by atoms with Crippen LogP contribution in [0, 0.1) is 0 Å². The summed E-state index contributed by atoms with van der Waals surface area (Å²) in [5.41, 5.74) is 0.834. The maximum Gasteiger partial charge on any atom is 0.276 e. The average Bonchev–Trinajstić information content (AvgIpc) is 2.55. The zero-order valence-corrected chi connectivity index (χ0v) is 12.4. The molecule has 0 aliphatic carbocycles. The molecular formula is C16H18N4O2. The summed E-state index contributed by atoms with van der Waals surface area (Å²) in [7, 11) is 0. The minimum absolute atomic E-state index is 0.232. The zero-order valence-electron chi connectivity index (χ0n) is 12.4. The van der Waals surface area contributed by atoms with Crippen LogP contribution >= 0.6 is 0 Å². The fourth-order valence-electron chi connectivity index (χ4n) is 1.76. The first-order chi connectivity index (χ1) is 10.7. The van der Waals surface area contributed by atoms with E-state index >= 15 is 0 Å². The molecule has 0 saturated heterocycles. The van der Waals surface area contributed by atoms with Gasteiger partial charge in [-0.1, -0.05) is 18.2 Å². The Balaban J connectivity index is 2.07. The van der Waals surface area contributed by atoms with E-state index in [1.54, 1.807) is 30.3 Å². The molecule has 1 heterocycles. The van der Waals surface area contributed by atoms with Crippen LogP contribution in [0.5, 0.6) is 5.75 Å². The van der Waals surface area contributed by atoms with Gasteiger partial charge in [0.1, 0.15) is 11.6 Å². The molecule has 1 aromatic heterocycles. The number of rotatable bonds is 7. The second-order valence-corrected chi connectivity index (χ2v) is 4.36. The monoisotopic (exact) mass is 298 g/mol. The number of anilines is 2. The third-order valence-corrected chi connectivity index (χ3v) is 2.76. The largest absolute Gasteiger partial charge is 0.492 e. The number of aromatic nitrogens is 2. The number of ether oxygens (including phenoxy) is 1. The summed E-state index contributed by atoms with van der Waals surface area (Å²) in [4.78, 5) is 12.2. The van der Waals surface area contributed by atoms with E-state index < -0.39 is 0 Å². The van der Waals surface area contributed by atoms with Crippen molar-refractivity contribution < 1.29 is 9.53 Å². The highest BCUT2D eigenvalue weighted by molar-refractivity contribution is 6.03. The molecule has 0 atom stereocenters. The van der Waals surface area contributed by atoms with Crippen LogP contribution in [0.2, 0.25) is 0 Å². The molecule has 2 N–H and O–H groups in total. The maximum atomic E-state index is 12.2. The molecule has 2 rings (SSSR count). The molecule has 0 unspecified atom stereocenters. The van der Waals surface area contributed by atoms with E-state index in [4.69, 9.17) is 4.74 Å². The summed E-state index contributed by atoms with van der Waals surface area (Å²) in [6.45, 7) is 6.60. The highest BCUT2D eigenvalue weighted by Crippen LogP contribution is 2.24. The summed E-state index contributed by atoms with van der Waals surface area (Å²) in [5.74, 6) is 0.872. The Morgan fingerprint density at radius 1 is 1.27 bits per heavy atom. The van der Waals surface area contributed by atoms with Crippen molar-refractivity contribution >= 4 is 17.4 Å². The molecule has 0 bridgehead atoms. The predicted molar refractivity (Wildman–Crippen MR) is 86.3 cm³/mol. The quantitative estimate of drug-likeness (QED) is 0.769. The second-order valence-electron chi connectivity index (χ2n) is 4.36. The summed E-state index contributed by atoms with van der Waals surface area (Å²) in [6, 6.07) is 10.5. The van der Waals surface area contributed by atoms with E-state index in [0.29, 0.717) is 30.4 Å². The van der Waals surface area contributed by atoms with Crippen molar-refractivity contribution in [2.24, 2.45) is 0 Å². The van der Waals surface area contributed by atoms with Crippen LogP contribution in [0.3, 0.4) is 0 Å². The molecule has 0 spiro atoms. The molecule has 6 nitrogen and oxygen atoms in total. The zero-order chi connectivity index (χ0) is 15.8. The Kier molecular flexibility index (Phi) is 5.48. The number of hydrogen-bond donors (Lipinski definition) is 2. The Bertz CT molecular complexity index is 641. The van der Waals surface area contributed by atoms with Crippen LogP contribution in [-0.4, -0.2) is 29.3 Å². The van der Waals surface area contributed by atoms with Crippen LogP contribution in [-0.2, 0) is 0 Å². The first-order valence-electron chi connectivity index (χ1n) is 6.96. The second kappa shape index (κ2) is 7.78. The number of benzene rings is 1. The van der Waals surface area contributed by atoms with E-state index in [9.17, 15) is 4.79 Å². The molecule has 1 amide bonds. The lowest BCUT2D eigenvalue weighted by molar-refractivity contribution is 0.102. The minimum atomic E-state index is -0.338. The number of carbonyl (C=O) groups excluding carboxylic acids is 1. The van der Waals surface area contributed by atoms with Crippen molar-refractivity contribution in [3.8, 4) is 5.75 Å². The normalized spacial score (nSPS) is 9.86. The minimum Gasteiger partial charge on any atom is -0.492 e. The van der Waals surface area contributed by atoms with Crippen molar-refractivity contribution in [2.75, 3.05) is 23.8 Å². The van der Waals surface area contributed by atoms with Crippen molar-refractivity contribution in [3.05, 3.63) is 54.7 Å². The lowest BCUT2D eigenvalue weighted by Crippen LogP contribution is -2.15. The first kappa shape index (κ1) is 15.5. The van der Waals surface area contributed by atoms with Gasteiger partial charge in [0, 0.05) is 6.54 Å². The van der Waals surface area contributed by atoms with E-state index in [1.165, 1.54) is 0 Å². The maximum absolute atomic E-state index is 12.2. The van der Waals surface area contributed by atoms with Gasteiger partial charge in [-0.05, 0) is 31.2 Å². The summed E-state index contributed by atoms with van der Waals surface area (Å²) >= 11 is 0. The Morgan fingerprint density at radius 3 is 2.77 bits per heavy atom. The van der Waals surface area contributed by atoms with Gasteiger partial charge in [-0.3, -0.25) is 4.79 Å². The number of hydrogen-bond acceptors (Lipinski definition) is 5. The average molecular weight is 298 g/mol. The van der Waals surface area contributed by atoms with E-state index in [-0.39, 0.29) is 11.6 Å². The Morgan fingerprint density at radius 2 is 2.09 bits per heavy atom. The van der Waals surface area contributed by atoms with Crippen molar-refractivity contribution in [3.63, 3.8) is 0 Å². The third kappa shape index (κ3) is 4.05. The van der Waals surface area contributed by atoms with Crippen LogP contribution in [0.4, 0.5) is 11.5 Å². The van der Waals surface area contributed by atoms with Crippen molar-refractivity contribution in [1.29, 1.82) is 0 Å². The van der Waals surface area contributed by atoms with Gasteiger partial charge in [0.2, 0.25) is 0 Å². The van der Waals surface area contributed by atoms with E-state index in [2.05, 4.69) is 27.4 Å². The Hall–Kier alpha value is -2.89. The molecule has 114 valence electrons. The van der Waals surface area contributed by atoms with Gasteiger partial charge in [0.05, 0.1) is 12.3 Å². The van der Waals surface area contributed by atoms with Crippen LogP contribution in [0.1, 0.15) is 17.4 Å². The summed E-state index contributed by atoms with van der Waals surface area (Å²) in [5, 5.41) is 13.6. The molecule has 0 aliphatic heterocycles. The summed E-state index contributed by atoms with van der Waals surface area (Å²) in [6.07, 6.45) is 1.72. The van der Waals surface area contributed by atoms with Gasteiger partial charge in [-0.25, -0.2) is 0 Å². The lowest BCUT2D eigenvalue weighted by atomic mass is 10.2. The fourth-order valence-corrected chi connectivity index (χ4v) is 1.76. The number of nitrogens with one attached hydrogen (secondary N) is 2. The fraction of sp³-hybridized carbons (Fsp3) is 0.188. The molecule has 1 aromatic carbocycles. The highest BCUT2D eigenvalue weighted by atomic mass is 16.5. The molecule has 0 radical (unpaired) electrons. The summed E-state index contributed by atoms with van der Waals surface area (Å²) < 4.78 is 5.47. The molecule has 0 fully saturated rings. The van der Waals surface area contributed by atoms with Gasteiger partial charge in [0.25, 0.3) is 5.91 Å². The van der Waals surface area contributed by atoms with E-state index in [1.807, 2.05) is 19.1 Å². The van der Waals surface area contributed by atoms with Gasteiger partial charge in [0.15, 0.2) is 5.69 Å². The highest BCUT2D eigenvalue weighted by Gasteiger charge is 2.11. The predicted octanol–water partition coefficient (Wildman–Crippen LogP) is 2.73. The molecule has 22 heavy (non-hydrogen) atoms. The molecule has 0 saturated carbocycles. The van der Waals surface area contributed by atoms with Gasteiger partial charge >= 0.3 is 0 Å². The number of nitrogens with zero attached hydrogens (tertiary/aromatic N) is 2. The van der Waals surface area contributed by atoms with Gasteiger partial charge < -0.3 is 15.4 Å². The van der Waals surface area contributed by atoms with Crippen LogP contribution < -0.4 is 15.4 Å². The van der Waals surface area contributed by atoms with Gasteiger partial charge in [-0.2, -0.15) is 0 Å². The molecular weight excluding hydrogens is 280 g/mol. The van der Waals surface area contributed by atoms with Gasteiger partial charge in [-0.15, -0.1) is 16.8 Å². The first-order valence-corrected chi connectivity index (χ1v) is 6.96. The lowest BCUT2D eigenvalue weighted by Gasteiger charge is -2.10. The number of amides is 1.